The lowest BCUT2D eigenvalue weighted by Gasteiger charge is -2.35. The van der Waals surface area contributed by atoms with Gasteiger partial charge in [0, 0.05) is 24.1 Å². The molecule has 3 rings (SSSR count). The highest BCUT2D eigenvalue weighted by Gasteiger charge is 2.36. The molecule has 10 nitrogen and oxygen atoms in total. The molecular formula is C25H34ClN7O3S. The van der Waals surface area contributed by atoms with Gasteiger partial charge in [-0.15, -0.1) is 0 Å². The summed E-state index contributed by atoms with van der Waals surface area (Å²) in [6.45, 7) is 11.1. The van der Waals surface area contributed by atoms with Crippen LogP contribution in [0.3, 0.4) is 0 Å². The Kier molecular flexibility index (Phi) is 8.63. The second-order valence-corrected chi connectivity index (χ2v) is 11.8. The van der Waals surface area contributed by atoms with Crippen LogP contribution in [0.25, 0.3) is 0 Å². The number of nitrogens with zero attached hydrogens (tertiary/aromatic N) is 3. The van der Waals surface area contributed by atoms with Gasteiger partial charge in [0.2, 0.25) is 5.91 Å². The third-order valence-electron chi connectivity index (χ3n) is 6.01. The minimum Gasteiger partial charge on any atom is -0.339 e. The standard InChI is InChI=1S/C25H34ClN7O3S/c1-14-9-8-10-16(26)20(14)31-21(34)17-12-27-23(37-17)29-18-11-19(33(7)15(2)28-18)30-22(35)24(3,4)13-25(5,6)32-36/h8-12,15,32,36H,13H2,1-7H3,(H,30,35)(H,31,34)(H,27,28,29). The Hall–Kier alpha value is -2.99. The molecule has 1 unspecified atom stereocenters. The lowest BCUT2D eigenvalue weighted by Crippen LogP contribution is -2.49. The predicted octanol–water partition coefficient (Wildman–Crippen LogP) is 4.59. The number of carbonyl (C=O) groups excluding carboxylic acids is 2. The van der Waals surface area contributed by atoms with Gasteiger partial charge in [-0.3, -0.25) is 9.59 Å². The maximum absolute atomic E-state index is 13.1. The van der Waals surface area contributed by atoms with Crippen molar-refractivity contribution in [3.05, 3.63) is 51.8 Å². The number of benzene rings is 1. The van der Waals surface area contributed by atoms with Crippen molar-refractivity contribution in [2.75, 3.05) is 17.7 Å². The highest BCUT2D eigenvalue weighted by molar-refractivity contribution is 7.17. The topological polar surface area (TPSA) is 131 Å². The van der Waals surface area contributed by atoms with Gasteiger partial charge in [0.1, 0.15) is 22.7 Å². The maximum Gasteiger partial charge on any atom is 0.267 e. The molecule has 0 fully saturated rings. The predicted molar refractivity (Wildman–Crippen MR) is 148 cm³/mol. The van der Waals surface area contributed by atoms with Crippen LogP contribution in [0.2, 0.25) is 5.02 Å². The van der Waals surface area contributed by atoms with Gasteiger partial charge in [-0.1, -0.05) is 48.9 Å². The molecular weight excluding hydrogens is 514 g/mol. The van der Waals surface area contributed by atoms with Gasteiger partial charge in [0.25, 0.3) is 5.91 Å². The summed E-state index contributed by atoms with van der Waals surface area (Å²) in [6, 6.07) is 5.41. The Morgan fingerprint density at radius 2 is 1.92 bits per heavy atom. The van der Waals surface area contributed by atoms with Crippen LogP contribution in [0.5, 0.6) is 0 Å². The summed E-state index contributed by atoms with van der Waals surface area (Å²) in [7, 11) is 1.84. The second-order valence-electron chi connectivity index (χ2n) is 10.3. The van der Waals surface area contributed by atoms with Gasteiger partial charge in [-0.25, -0.2) is 9.98 Å². The van der Waals surface area contributed by atoms with Crippen molar-refractivity contribution < 1.29 is 14.8 Å². The number of halogens is 1. The number of aliphatic imine (C=N–C) groups is 1. The summed E-state index contributed by atoms with van der Waals surface area (Å²) in [5, 5.41) is 19.3. The van der Waals surface area contributed by atoms with Crippen LogP contribution in [0.4, 0.5) is 10.8 Å². The minimum atomic E-state index is -0.760. The highest BCUT2D eigenvalue weighted by Crippen LogP contribution is 2.29. The van der Waals surface area contributed by atoms with Crippen molar-refractivity contribution in [3.8, 4) is 0 Å². The van der Waals surface area contributed by atoms with E-state index in [1.807, 2.05) is 65.6 Å². The van der Waals surface area contributed by atoms with Crippen LogP contribution in [0.15, 0.2) is 41.3 Å². The number of anilines is 2. The number of aromatic nitrogens is 1. The van der Waals surface area contributed by atoms with Gasteiger partial charge in [0.05, 0.1) is 16.9 Å². The number of para-hydroxylation sites is 1. The molecule has 2 aromatic rings. The second kappa shape index (κ2) is 11.2. The van der Waals surface area contributed by atoms with E-state index in [9.17, 15) is 14.8 Å². The van der Waals surface area contributed by atoms with E-state index in [4.69, 9.17) is 11.6 Å². The molecule has 2 amide bonds. The monoisotopic (exact) mass is 547 g/mol. The lowest BCUT2D eigenvalue weighted by molar-refractivity contribution is -0.130. The fourth-order valence-electron chi connectivity index (χ4n) is 3.97. The number of carbonyl (C=O) groups is 2. The summed E-state index contributed by atoms with van der Waals surface area (Å²) in [5.41, 5.74) is 2.29. The molecule has 1 atom stereocenters. The average molecular weight is 548 g/mol. The van der Waals surface area contributed by atoms with E-state index < -0.39 is 11.0 Å². The Balaban J connectivity index is 1.72. The molecule has 0 bridgehead atoms. The zero-order chi connectivity index (χ0) is 27.5. The number of amidine groups is 1. The number of hydrogen-bond acceptors (Lipinski definition) is 9. The third kappa shape index (κ3) is 7.07. The largest absolute Gasteiger partial charge is 0.339 e. The molecule has 1 aromatic carbocycles. The van der Waals surface area contributed by atoms with E-state index in [2.05, 4.69) is 31.4 Å². The van der Waals surface area contributed by atoms with E-state index in [-0.39, 0.29) is 18.0 Å². The normalized spacial score (nSPS) is 16.1. The molecule has 0 saturated heterocycles. The number of rotatable bonds is 8. The van der Waals surface area contributed by atoms with Crippen molar-refractivity contribution in [2.45, 2.75) is 59.7 Å². The summed E-state index contributed by atoms with van der Waals surface area (Å²) in [5.74, 6) is 0.567. The van der Waals surface area contributed by atoms with Gasteiger partial charge < -0.3 is 26.1 Å². The van der Waals surface area contributed by atoms with Crippen LogP contribution in [-0.4, -0.2) is 51.5 Å². The number of thiazole rings is 1. The van der Waals surface area contributed by atoms with Crippen molar-refractivity contribution in [1.29, 1.82) is 0 Å². The molecule has 1 aliphatic rings. The van der Waals surface area contributed by atoms with Crippen LogP contribution < -0.4 is 21.4 Å². The number of amides is 2. The van der Waals surface area contributed by atoms with E-state index >= 15 is 0 Å². The lowest BCUT2D eigenvalue weighted by atomic mass is 9.79. The molecule has 0 spiro atoms. The summed E-state index contributed by atoms with van der Waals surface area (Å²) in [6.07, 6.45) is 3.36. The van der Waals surface area contributed by atoms with Gasteiger partial charge in [0.15, 0.2) is 5.13 Å². The van der Waals surface area contributed by atoms with Gasteiger partial charge in [-0.05, 0) is 45.7 Å². The summed E-state index contributed by atoms with van der Waals surface area (Å²) < 4.78 is 0. The first-order valence-electron chi connectivity index (χ1n) is 11.8. The molecule has 1 aliphatic heterocycles. The zero-order valence-electron chi connectivity index (χ0n) is 22.1. The Labute approximate surface area is 226 Å². The molecule has 0 radical (unpaired) electrons. The van der Waals surface area contributed by atoms with Gasteiger partial charge in [-0.2, -0.15) is 5.48 Å². The molecule has 1 aromatic heterocycles. The minimum absolute atomic E-state index is 0.189. The van der Waals surface area contributed by atoms with Gasteiger partial charge >= 0.3 is 0 Å². The molecule has 12 heteroatoms. The quantitative estimate of drug-likeness (QED) is 0.305. The fraction of sp³-hybridized carbons (Fsp3) is 0.440. The summed E-state index contributed by atoms with van der Waals surface area (Å²) in [4.78, 5) is 37.0. The Morgan fingerprint density at radius 1 is 1.22 bits per heavy atom. The number of aryl methyl sites for hydroxylation is 1. The molecule has 2 heterocycles. The maximum atomic E-state index is 13.1. The van der Waals surface area contributed by atoms with E-state index in [0.717, 1.165) is 5.56 Å². The van der Waals surface area contributed by atoms with E-state index in [1.54, 1.807) is 12.1 Å². The first-order valence-corrected chi connectivity index (χ1v) is 13.0. The molecule has 200 valence electrons. The molecule has 37 heavy (non-hydrogen) atoms. The Bertz CT molecular complexity index is 1220. The smallest absolute Gasteiger partial charge is 0.267 e. The SMILES string of the molecule is Cc1cccc(Cl)c1NC(=O)c1cnc(NC2=NC(C)N(C)C(NC(=O)C(C)(C)CC(C)(C)NO)=C2)s1. The van der Waals surface area contributed by atoms with Crippen molar-refractivity contribution in [1.82, 2.24) is 20.7 Å². The van der Waals surface area contributed by atoms with Crippen molar-refractivity contribution in [2.24, 2.45) is 10.4 Å². The van der Waals surface area contributed by atoms with Crippen LogP contribution in [-0.2, 0) is 4.79 Å². The van der Waals surface area contributed by atoms with Crippen LogP contribution in [0.1, 0.15) is 56.3 Å². The first kappa shape index (κ1) is 28.6. The molecule has 0 saturated carbocycles. The average Bonchev–Trinajstić information content (AvgIpc) is 3.27. The van der Waals surface area contributed by atoms with Crippen LogP contribution >= 0.6 is 22.9 Å². The van der Waals surface area contributed by atoms with E-state index in [1.165, 1.54) is 17.5 Å². The van der Waals surface area contributed by atoms with Crippen LogP contribution in [0, 0.1) is 12.3 Å². The first-order chi connectivity index (χ1) is 17.2. The highest BCUT2D eigenvalue weighted by atomic mass is 35.5. The number of hydrogen-bond donors (Lipinski definition) is 5. The van der Waals surface area contributed by atoms with E-state index in [0.29, 0.717) is 38.8 Å². The molecule has 0 aliphatic carbocycles. The van der Waals surface area contributed by atoms with Crippen molar-refractivity contribution in [3.63, 3.8) is 0 Å². The number of hydroxylamine groups is 1. The number of nitrogens with one attached hydrogen (secondary N) is 4. The molecule has 5 N–H and O–H groups in total. The fourth-order valence-corrected chi connectivity index (χ4v) is 4.96. The summed E-state index contributed by atoms with van der Waals surface area (Å²) >= 11 is 7.40. The zero-order valence-corrected chi connectivity index (χ0v) is 23.6. The Morgan fingerprint density at radius 3 is 2.57 bits per heavy atom. The van der Waals surface area contributed by atoms with Crippen molar-refractivity contribution >= 4 is 51.4 Å². The third-order valence-corrected chi connectivity index (χ3v) is 7.23.